The summed E-state index contributed by atoms with van der Waals surface area (Å²) in [7, 11) is 0. The number of nitrogens with zero attached hydrogens (tertiary/aromatic N) is 4. The molecular weight excluding hydrogens is 381 g/mol. The standard InChI is InChI=1S/C23H22FN5O/c1-14(2)22-27-23(30-28-22)16-5-8-25-21(11-16)29-9-6-15(7-10-29)19-13-26-20-12-17(24)3-4-18(19)20/h3-6,8,11-14,26H,7,9-10H2,1-2H3. The minimum atomic E-state index is -0.229. The van der Waals surface area contributed by atoms with Gasteiger partial charge in [0.2, 0.25) is 0 Å². The molecule has 1 N–H and O–H groups in total. The first-order valence-corrected chi connectivity index (χ1v) is 10.1. The molecule has 1 aliphatic heterocycles. The molecule has 0 amide bonds. The van der Waals surface area contributed by atoms with E-state index in [4.69, 9.17) is 4.52 Å². The van der Waals surface area contributed by atoms with Crippen LogP contribution in [0.15, 0.2) is 53.3 Å². The number of hydrogen-bond acceptors (Lipinski definition) is 5. The fraction of sp³-hybridized carbons (Fsp3) is 0.261. The third-order valence-corrected chi connectivity index (χ3v) is 5.47. The third-order valence-electron chi connectivity index (χ3n) is 5.47. The van der Waals surface area contributed by atoms with Gasteiger partial charge in [-0.25, -0.2) is 9.37 Å². The monoisotopic (exact) mass is 403 g/mol. The van der Waals surface area contributed by atoms with Gasteiger partial charge in [-0.3, -0.25) is 0 Å². The second-order valence-electron chi connectivity index (χ2n) is 7.83. The lowest BCUT2D eigenvalue weighted by Gasteiger charge is -2.27. The molecule has 152 valence electrons. The Hall–Kier alpha value is -3.48. The molecule has 0 aliphatic carbocycles. The van der Waals surface area contributed by atoms with Crippen molar-refractivity contribution in [1.29, 1.82) is 0 Å². The van der Waals surface area contributed by atoms with Crippen LogP contribution in [0, 0.1) is 5.82 Å². The second-order valence-corrected chi connectivity index (χ2v) is 7.83. The summed E-state index contributed by atoms with van der Waals surface area (Å²) >= 11 is 0. The van der Waals surface area contributed by atoms with Crippen LogP contribution in [-0.2, 0) is 0 Å². The van der Waals surface area contributed by atoms with E-state index in [-0.39, 0.29) is 11.7 Å². The van der Waals surface area contributed by atoms with Crippen molar-refractivity contribution < 1.29 is 8.91 Å². The number of pyridine rings is 1. The molecule has 0 saturated heterocycles. The van der Waals surface area contributed by atoms with Gasteiger partial charge in [-0.1, -0.05) is 25.1 Å². The molecule has 0 unspecified atom stereocenters. The van der Waals surface area contributed by atoms with Crippen molar-refractivity contribution in [3.05, 3.63) is 66.0 Å². The Kier molecular flexibility index (Phi) is 4.58. The zero-order chi connectivity index (χ0) is 20.7. The number of hydrogen-bond donors (Lipinski definition) is 1. The topological polar surface area (TPSA) is 70.8 Å². The smallest absolute Gasteiger partial charge is 0.258 e. The predicted molar refractivity (Wildman–Crippen MR) is 115 cm³/mol. The number of aromatic nitrogens is 4. The van der Waals surface area contributed by atoms with Crippen LogP contribution < -0.4 is 4.90 Å². The third kappa shape index (κ3) is 3.36. The maximum atomic E-state index is 13.5. The lowest BCUT2D eigenvalue weighted by atomic mass is 9.99. The first-order valence-electron chi connectivity index (χ1n) is 10.1. The first-order chi connectivity index (χ1) is 14.6. The van der Waals surface area contributed by atoms with Crippen molar-refractivity contribution in [2.24, 2.45) is 0 Å². The van der Waals surface area contributed by atoms with Gasteiger partial charge in [0, 0.05) is 53.4 Å². The van der Waals surface area contributed by atoms with Crippen molar-refractivity contribution in [2.75, 3.05) is 18.0 Å². The number of H-pyrrole nitrogens is 1. The number of halogens is 1. The van der Waals surface area contributed by atoms with Gasteiger partial charge < -0.3 is 14.4 Å². The Bertz CT molecular complexity index is 1240. The molecule has 7 heteroatoms. The lowest BCUT2D eigenvalue weighted by Crippen LogP contribution is -2.28. The van der Waals surface area contributed by atoms with E-state index in [1.165, 1.54) is 17.7 Å². The van der Waals surface area contributed by atoms with Gasteiger partial charge in [0.25, 0.3) is 5.89 Å². The fourth-order valence-electron chi connectivity index (χ4n) is 3.80. The minimum Gasteiger partial charge on any atom is -0.360 e. The molecule has 5 rings (SSSR count). The van der Waals surface area contributed by atoms with Gasteiger partial charge in [0.1, 0.15) is 11.6 Å². The summed E-state index contributed by atoms with van der Waals surface area (Å²) in [6, 6.07) is 8.76. The zero-order valence-electron chi connectivity index (χ0n) is 16.9. The molecule has 3 aromatic heterocycles. The molecule has 6 nitrogen and oxygen atoms in total. The Morgan fingerprint density at radius 1 is 1.20 bits per heavy atom. The molecule has 0 spiro atoms. The SMILES string of the molecule is CC(C)c1noc(-c2ccnc(N3CC=C(c4c[nH]c5cc(F)ccc45)CC3)c2)n1. The van der Waals surface area contributed by atoms with Gasteiger partial charge in [-0.05, 0) is 42.3 Å². The second kappa shape index (κ2) is 7.40. The predicted octanol–water partition coefficient (Wildman–Crippen LogP) is 5.17. The van der Waals surface area contributed by atoms with Gasteiger partial charge in [0.15, 0.2) is 5.82 Å². The normalized spacial score (nSPS) is 14.5. The molecule has 30 heavy (non-hydrogen) atoms. The molecule has 4 heterocycles. The molecule has 1 aliphatic rings. The highest BCUT2D eigenvalue weighted by atomic mass is 19.1. The average Bonchev–Trinajstić information content (AvgIpc) is 3.41. The quantitative estimate of drug-likeness (QED) is 0.509. The van der Waals surface area contributed by atoms with Crippen molar-refractivity contribution in [3.8, 4) is 11.5 Å². The van der Waals surface area contributed by atoms with Crippen molar-refractivity contribution in [3.63, 3.8) is 0 Å². The van der Waals surface area contributed by atoms with Crippen LogP contribution in [0.4, 0.5) is 10.2 Å². The van der Waals surface area contributed by atoms with Gasteiger partial charge in [-0.15, -0.1) is 0 Å². The number of rotatable bonds is 4. The molecule has 0 radical (unpaired) electrons. The Morgan fingerprint density at radius 2 is 2.10 bits per heavy atom. The maximum Gasteiger partial charge on any atom is 0.258 e. The first kappa shape index (κ1) is 18.5. The highest BCUT2D eigenvalue weighted by Gasteiger charge is 2.18. The van der Waals surface area contributed by atoms with Crippen LogP contribution in [0.25, 0.3) is 27.9 Å². The Morgan fingerprint density at radius 3 is 2.87 bits per heavy atom. The molecule has 4 aromatic rings. The Labute approximate surface area is 173 Å². The maximum absolute atomic E-state index is 13.5. The Balaban J connectivity index is 1.37. The van der Waals surface area contributed by atoms with Crippen LogP contribution >= 0.6 is 0 Å². The summed E-state index contributed by atoms with van der Waals surface area (Å²) in [5.41, 5.74) is 4.09. The molecule has 0 fully saturated rings. The molecular formula is C23H22FN5O. The summed E-state index contributed by atoms with van der Waals surface area (Å²) in [6.45, 7) is 5.67. The molecule has 0 bridgehead atoms. The summed E-state index contributed by atoms with van der Waals surface area (Å²) in [5, 5.41) is 5.10. The number of nitrogens with one attached hydrogen (secondary N) is 1. The van der Waals surface area contributed by atoms with E-state index in [1.807, 2.05) is 38.2 Å². The fourth-order valence-corrected chi connectivity index (χ4v) is 3.80. The van der Waals surface area contributed by atoms with Gasteiger partial charge in [-0.2, -0.15) is 4.98 Å². The number of aromatic amines is 1. The van der Waals surface area contributed by atoms with E-state index in [0.29, 0.717) is 11.7 Å². The highest BCUT2D eigenvalue weighted by molar-refractivity contribution is 5.93. The zero-order valence-corrected chi connectivity index (χ0v) is 16.9. The van der Waals surface area contributed by atoms with Crippen LogP contribution in [0.5, 0.6) is 0 Å². The highest BCUT2D eigenvalue weighted by Crippen LogP contribution is 2.31. The summed E-state index contributed by atoms with van der Waals surface area (Å²) in [5.74, 6) is 2.09. The average molecular weight is 403 g/mol. The lowest BCUT2D eigenvalue weighted by molar-refractivity contribution is 0.419. The summed E-state index contributed by atoms with van der Waals surface area (Å²) in [6.07, 6.45) is 6.84. The van der Waals surface area contributed by atoms with E-state index in [0.717, 1.165) is 47.4 Å². The van der Waals surface area contributed by atoms with Gasteiger partial charge >= 0.3 is 0 Å². The van der Waals surface area contributed by atoms with Crippen LogP contribution in [0.1, 0.15) is 37.6 Å². The van der Waals surface area contributed by atoms with Crippen LogP contribution in [0.3, 0.4) is 0 Å². The van der Waals surface area contributed by atoms with Crippen molar-refractivity contribution in [2.45, 2.75) is 26.2 Å². The van der Waals surface area contributed by atoms with E-state index in [1.54, 1.807) is 6.20 Å². The molecule has 0 saturated carbocycles. The number of fused-ring (bicyclic) bond motifs is 1. The van der Waals surface area contributed by atoms with E-state index in [9.17, 15) is 4.39 Å². The number of anilines is 1. The van der Waals surface area contributed by atoms with Crippen molar-refractivity contribution in [1.82, 2.24) is 20.1 Å². The minimum absolute atomic E-state index is 0.218. The summed E-state index contributed by atoms with van der Waals surface area (Å²) < 4.78 is 18.9. The van der Waals surface area contributed by atoms with Crippen LogP contribution in [-0.4, -0.2) is 33.2 Å². The van der Waals surface area contributed by atoms with E-state index < -0.39 is 0 Å². The van der Waals surface area contributed by atoms with Crippen molar-refractivity contribution >= 4 is 22.3 Å². The molecule has 1 aromatic carbocycles. The van der Waals surface area contributed by atoms with Gasteiger partial charge in [0.05, 0.1) is 0 Å². The summed E-state index contributed by atoms with van der Waals surface area (Å²) in [4.78, 5) is 14.4. The number of benzene rings is 1. The van der Waals surface area contributed by atoms with E-state index in [2.05, 4.69) is 31.1 Å². The molecule has 0 atom stereocenters. The largest absolute Gasteiger partial charge is 0.360 e. The van der Waals surface area contributed by atoms with Crippen LogP contribution in [0.2, 0.25) is 0 Å². The van der Waals surface area contributed by atoms with E-state index >= 15 is 0 Å².